The van der Waals surface area contributed by atoms with Crippen LogP contribution in [-0.4, -0.2) is 8.42 Å². The molecule has 2 rings (SSSR count). The zero-order valence-corrected chi connectivity index (χ0v) is 13.8. The molecule has 0 bridgehead atoms. The van der Waals surface area contributed by atoms with Crippen LogP contribution in [0.1, 0.15) is 0 Å². The van der Waals surface area contributed by atoms with Crippen LogP contribution >= 0.6 is 39.1 Å². The first-order valence-electron chi connectivity index (χ1n) is 5.32. The molecule has 0 fully saturated rings. The van der Waals surface area contributed by atoms with Gasteiger partial charge in [0.25, 0.3) is 10.0 Å². The molecule has 0 aliphatic heterocycles. The zero-order chi connectivity index (χ0) is 14.9. The van der Waals surface area contributed by atoms with Gasteiger partial charge in [-0.05, 0) is 36.4 Å². The van der Waals surface area contributed by atoms with Crippen LogP contribution < -0.4 is 10.5 Å². The smallest absolute Gasteiger partial charge is 0.263 e. The Morgan fingerprint density at radius 2 is 1.70 bits per heavy atom. The van der Waals surface area contributed by atoms with Crippen LogP contribution in [0.25, 0.3) is 0 Å². The van der Waals surface area contributed by atoms with Gasteiger partial charge in [0.1, 0.15) is 4.90 Å². The number of nitrogens with two attached hydrogens (primary N) is 1. The molecule has 0 saturated heterocycles. The van der Waals surface area contributed by atoms with E-state index < -0.39 is 10.0 Å². The monoisotopic (exact) mass is 394 g/mol. The molecule has 3 N–H and O–H groups in total. The van der Waals surface area contributed by atoms with Crippen molar-refractivity contribution < 1.29 is 8.42 Å². The first-order valence-corrected chi connectivity index (χ1v) is 8.36. The predicted octanol–water partition coefficient (Wildman–Crippen LogP) is 4.14. The number of rotatable bonds is 3. The Kier molecular flexibility index (Phi) is 4.49. The Morgan fingerprint density at radius 3 is 2.40 bits per heavy atom. The van der Waals surface area contributed by atoms with Crippen molar-refractivity contribution >= 4 is 60.5 Å². The minimum absolute atomic E-state index is 0.0813. The summed E-state index contributed by atoms with van der Waals surface area (Å²) in [7, 11) is -3.87. The zero-order valence-electron chi connectivity index (χ0n) is 9.90. The lowest BCUT2D eigenvalue weighted by molar-refractivity contribution is 0.601. The maximum Gasteiger partial charge on any atom is 0.263 e. The van der Waals surface area contributed by atoms with Crippen LogP contribution in [0, 0.1) is 0 Å². The number of nitrogen functional groups attached to an aromatic ring is 1. The topological polar surface area (TPSA) is 72.2 Å². The SMILES string of the molecule is Nc1ccc(Cl)c(S(=O)(=O)Nc2cc(Br)ccc2Cl)c1. The van der Waals surface area contributed by atoms with E-state index in [1.165, 1.54) is 18.2 Å². The van der Waals surface area contributed by atoms with E-state index in [0.29, 0.717) is 10.2 Å². The minimum atomic E-state index is -3.87. The van der Waals surface area contributed by atoms with Crippen molar-refractivity contribution in [2.24, 2.45) is 0 Å². The minimum Gasteiger partial charge on any atom is -0.399 e. The van der Waals surface area contributed by atoms with Crippen molar-refractivity contribution in [2.45, 2.75) is 4.90 Å². The molecule has 0 amide bonds. The average molecular weight is 396 g/mol. The van der Waals surface area contributed by atoms with E-state index in [1.807, 2.05) is 0 Å². The van der Waals surface area contributed by atoms with Gasteiger partial charge in [0, 0.05) is 10.2 Å². The Balaban J connectivity index is 2.46. The van der Waals surface area contributed by atoms with Crippen LogP contribution in [-0.2, 0) is 10.0 Å². The van der Waals surface area contributed by atoms with Gasteiger partial charge in [-0.1, -0.05) is 39.1 Å². The highest BCUT2D eigenvalue weighted by Crippen LogP contribution is 2.30. The van der Waals surface area contributed by atoms with E-state index in [9.17, 15) is 8.42 Å². The molecule has 0 unspecified atom stereocenters. The molecule has 2 aromatic carbocycles. The number of sulfonamides is 1. The number of hydrogen-bond acceptors (Lipinski definition) is 3. The summed E-state index contributed by atoms with van der Waals surface area (Å²) in [6.07, 6.45) is 0. The van der Waals surface area contributed by atoms with Gasteiger partial charge in [0.05, 0.1) is 15.7 Å². The Bertz CT molecular complexity index is 766. The number of hydrogen-bond donors (Lipinski definition) is 2. The number of anilines is 2. The molecule has 0 spiro atoms. The van der Waals surface area contributed by atoms with E-state index in [0.717, 1.165) is 0 Å². The second-order valence-corrected chi connectivity index (χ2v) is 7.30. The summed E-state index contributed by atoms with van der Waals surface area (Å²) < 4.78 is 27.7. The van der Waals surface area contributed by atoms with Gasteiger partial charge in [-0.15, -0.1) is 0 Å². The summed E-state index contributed by atoms with van der Waals surface area (Å²) >= 11 is 15.1. The summed E-state index contributed by atoms with van der Waals surface area (Å²) in [6.45, 7) is 0. The predicted molar refractivity (Wildman–Crippen MR) is 85.8 cm³/mol. The van der Waals surface area contributed by atoms with Gasteiger partial charge in [-0.25, -0.2) is 8.42 Å². The van der Waals surface area contributed by atoms with E-state index in [4.69, 9.17) is 28.9 Å². The molecular weight excluding hydrogens is 387 g/mol. The normalized spacial score (nSPS) is 11.3. The largest absolute Gasteiger partial charge is 0.399 e. The lowest BCUT2D eigenvalue weighted by Gasteiger charge is -2.11. The van der Waals surface area contributed by atoms with Gasteiger partial charge >= 0.3 is 0 Å². The standard InChI is InChI=1S/C12H9BrCl2N2O2S/c13-7-1-3-9(14)11(5-7)17-20(18,19)12-6-8(16)2-4-10(12)15/h1-6,17H,16H2. The van der Waals surface area contributed by atoms with Gasteiger partial charge in [0.15, 0.2) is 0 Å². The third kappa shape index (κ3) is 3.38. The molecule has 0 atom stereocenters. The molecule has 4 nitrogen and oxygen atoms in total. The molecule has 20 heavy (non-hydrogen) atoms. The van der Waals surface area contributed by atoms with Gasteiger partial charge < -0.3 is 5.73 Å². The first-order chi connectivity index (χ1) is 9.29. The average Bonchev–Trinajstić information content (AvgIpc) is 2.36. The lowest BCUT2D eigenvalue weighted by atomic mass is 10.3. The summed E-state index contributed by atoms with van der Waals surface area (Å²) in [4.78, 5) is -0.102. The maximum absolute atomic E-state index is 12.3. The molecule has 0 heterocycles. The molecule has 0 aliphatic carbocycles. The number of benzene rings is 2. The quantitative estimate of drug-likeness (QED) is 0.767. The van der Waals surface area contributed by atoms with Crippen LogP contribution in [0.3, 0.4) is 0 Å². The number of halogens is 3. The fourth-order valence-electron chi connectivity index (χ4n) is 1.50. The molecule has 2 aromatic rings. The summed E-state index contributed by atoms with van der Waals surface area (Å²) in [5.41, 5.74) is 6.14. The van der Waals surface area contributed by atoms with E-state index in [-0.39, 0.29) is 20.6 Å². The molecular formula is C12H9BrCl2N2O2S. The van der Waals surface area contributed by atoms with Crippen molar-refractivity contribution in [2.75, 3.05) is 10.5 Å². The first kappa shape index (κ1) is 15.4. The molecule has 8 heteroatoms. The van der Waals surface area contributed by atoms with E-state index in [2.05, 4.69) is 20.7 Å². The molecule has 0 radical (unpaired) electrons. The molecule has 0 aromatic heterocycles. The van der Waals surface area contributed by atoms with E-state index in [1.54, 1.807) is 18.2 Å². The van der Waals surface area contributed by atoms with Crippen molar-refractivity contribution in [1.82, 2.24) is 0 Å². The Labute approximate surface area is 135 Å². The maximum atomic E-state index is 12.3. The molecule has 0 saturated carbocycles. The highest BCUT2D eigenvalue weighted by Gasteiger charge is 2.19. The van der Waals surface area contributed by atoms with E-state index >= 15 is 0 Å². The highest BCUT2D eigenvalue weighted by molar-refractivity contribution is 9.10. The Morgan fingerprint density at radius 1 is 1.05 bits per heavy atom. The van der Waals surface area contributed by atoms with Crippen LogP contribution in [0.4, 0.5) is 11.4 Å². The van der Waals surface area contributed by atoms with Crippen LogP contribution in [0.2, 0.25) is 10.0 Å². The van der Waals surface area contributed by atoms with Crippen LogP contribution in [0.15, 0.2) is 45.8 Å². The fourth-order valence-corrected chi connectivity index (χ4v) is 3.69. The summed E-state index contributed by atoms with van der Waals surface area (Å²) in [6, 6.07) is 9.07. The van der Waals surface area contributed by atoms with Crippen molar-refractivity contribution in [3.8, 4) is 0 Å². The third-order valence-electron chi connectivity index (χ3n) is 2.42. The lowest BCUT2D eigenvalue weighted by Crippen LogP contribution is -2.14. The molecule has 0 aliphatic rings. The van der Waals surface area contributed by atoms with Gasteiger partial charge in [0.2, 0.25) is 0 Å². The van der Waals surface area contributed by atoms with Crippen LogP contribution in [0.5, 0.6) is 0 Å². The van der Waals surface area contributed by atoms with Crippen molar-refractivity contribution in [1.29, 1.82) is 0 Å². The van der Waals surface area contributed by atoms with Gasteiger partial charge in [-0.2, -0.15) is 0 Å². The van der Waals surface area contributed by atoms with Crippen molar-refractivity contribution in [3.63, 3.8) is 0 Å². The van der Waals surface area contributed by atoms with Crippen molar-refractivity contribution in [3.05, 3.63) is 50.9 Å². The third-order valence-corrected chi connectivity index (χ3v) is 5.09. The van der Waals surface area contributed by atoms with Gasteiger partial charge in [-0.3, -0.25) is 4.72 Å². The fraction of sp³-hybridized carbons (Fsp3) is 0. The second-order valence-electron chi connectivity index (χ2n) is 3.92. The number of nitrogens with one attached hydrogen (secondary N) is 1. The Hall–Kier alpha value is -0.950. The molecule has 106 valence electrons. The highest BCUT2D eigenvalue weighted by atomic mass is 79.9. The second kappa shape index (κ2) is 5.81. The summed E-state index contributed by atoms with van der Waals surface area (Å²) in [5, 5.41) is 0.356. The summed E-state index contributed by atoms with van der Waals surface area (Å²) in [5.74, 6) is 0.